The Morgan fingerprint density at radius 1 is 1.00 bits per heavy atom. The van der Waals surface area contributed by atoms with E-state index in [1.54, 1.807) is 31.4 Å². The molecule has 0 spiro atoms. The van der Waals surface area contributed by atoms with Crippen LogP contribution in [0.25, 0.3) is 21.4 Å². The van der Waals surface area contributed by atoms with Gasteiger partial charge >= 0.3 is 10.9 Å². The van der Waals surface area contributed by atoms with Gasteiger partial charge < -0.3 is 13.9 Å². The Hall–Kier alpha value is -3.38. The molecule has 0 bridgehead atoms. The zero-order chi connectivity index (χ0) is 19.7. The molecule has 0 radical (unpaired) electrons. The normalized spacial score (nSPS) is 10.8. The topological polar surface area (TPSA) is 65.7 Å². The summed E-state index contributed by atoms with van der Waals surface area (Å²) in [6.45, 7) is 1.85. The fourth-order valence-electron chi connectivity index (χ4n) is 2.96. The predicted molar refractivity (Wildman–Crippen MR) is 108 cm³/mol. The summed E-state index contributed by atoms with van der Waals surface area (Å²) in [7, 11) is 1.59. The third-order valence-electron chi connectivity index (χ3n) is 4.38. The zero-order valence-electron chi connectivity index (χ0n) is 15.2. The highest BCUT2D eigenvalue weighted by Gasteiger charge is 2.16. The van der Waals surface area contributed by atoms with E-state index >= 15 is 0 Å². The van der Waals surface area contributed by atoms with Crippen molar-refractivity contribution in [1.82, 2.24) is 0 Å². The summed E-state index contributed by atoms with van der Waals surface area (Å²) < 4.78 is 16.8. The van der Waals surface area contributed by atoms with Gasteiger partial charge in [-0.1, -0.05) is 41.7 Å². The van der Waals surface area contributed by atoms with Gasteiger partial charge in [-0.2, -0.15) is 0 Å². The van der Waals surface area contributed by atoms with Crippen molar-refractivity contribution < 1.29 is 18.7 Å². The van der Waals surface area contributed by atoms with E-state index in [4.69, 9.17) is 13.9 Å². The summed E-state index contributed by atoms with van der Waals surface area (Å²) in [6.07, 6.45) is 0. The molecule has 0 aliphatic carbocycles. The van der Waals surface area contributed by atoms with Gasteiger partial charge in [-0.3, -0.25) is 0 Å². The number of fused-ring (bicyclic) bond motifs is 1. The summed E-state index contributed by atoms with van der Waals surface area (Å²) in [5, 5.41) is 0. The summed E-state index contributed by atoms with van der Waals surface area (Å²) in [5.74, 6) is 0.617. The van der Waals surface area contributed by atoms with Gasteiger partial charge in [0, 0.05) is 11.6 Å². The fraction of sp³-hybridized carbons (Fsp3) is 0.0909. The Kier molecular flexibility index (Phi) is 4.71. The molecule has 1 aromatic heterocycles. The number of hydrogen-bond donors (Lipinski definition) is 0. The minimum atomic E-state index is -0.450. The van der Waals surface area contributed by atoms with Crippen molar-refractivity contribution in [2.45, 2.75) is 6.92 Å². The van der Waals surface area contributed by atoms with Crippen LogP contribution >= 0.6 is 11.3 Å². The van der Waals surface area contributed by atoms with E-state index in [2.05, 4.69) is 0 Å². The first-order valence-electron chi connectivity index (χ1n) is 8.55. The maximum absolute atomic E-state index is 12.6. The minimum Gasteiger partial charge on any atom is -0.497 e. The molecule has 0 amide bonds. The van der Waals surface area contributed by atoms with Crippen LogP contribution in [-0.2, 0) is 0 Å². The fourth-order valence-corrected chi connectivity index (χ4v) is 3.68. The van der Waals surface area contributed by atoms with Crippen LogP contribution in [-0.4, -0.2) is 13.1 Å². The van der Waals surface area contributed by atoms with E-state index in [1.807, 2.05) is 43.3 Å². The van der Waals surface area contributed by atoms with Crippen molar-refractivity contribution in [3.63, 3.8) is 0 Å². The van der Waals surface area contributed by atoms with Crippen LogP contribution in [0, 0.1) is 6.92 Å². The van der Waals surface area contributed by atoms with Crippen LogP contribution in [0.5, 0.6) is 11.5 Å². The monoisotopic (exact) mass is 392 g/mol. The number of esters is 1. The van der Waals surface area contributed by atoms with Crippen molar-refractivity contribution in [2.24, 2.45) is 0 Å². The number of aryl methyl sites for hydroxylation is 1. The zero-order valence-corrected chi connectivity index (χ0v) is 16.0. The first-order chi connectivity index (χ1) is 13.5. The molecule has 4 rings (SSSR count). The Morgan fingerprint density at radius 2 is 1.75 bits per heavy atom. The summed E-state index contributed by atoms with van der Waals surface area (Å²) >= 11 is 0.971. The molecule has 1 heterocycles. The maximum Gasteiger partial charge on any atom is 0.396 e. The third kappa shape index (κ3) is 3.42. The van der Waals surface area contributed by atoms with Crippen LogP contribution in [0.1, 0.15) is 15.9 Å². The van der Waals surface area contributed by atoms with Gasteiger partial charge in [0.2, 0.25) is 0 Å². The van der Waals surface area contributed by atoms with Crippen molar-refractivity contribution in [2.75, 3.05) is 7.11 Å². The molecule has 0 aliphatic rings. The quantitative estimate of drug-likeness (QED) is 0.359. The Morgan fingerprint density at radius 3 is 2.46 bits per heavy atom. The molecule has 0 saturated carbocycles. The number of hydrogen-bond acceptors (Lipinski definition) is 6. The Balaban J connectivity index is 1.78. The summed E-state index contributed by atoms with van der Waals surface area (Å²) in [6, 6.07) is 17.9. The molecule has 140 valence electrons. The summed E-state index contributed by atoms with van der Waals surface area (Å²) in [4.78, 5) is 24.0. The second-order valence-corrected chi connectivity index (χ2v) is 7.16. The predicted octanol–water partition coefficient (Wildman–Crippen LogP) is 5.06. The second kappa shape index (κ2) is 7.32. The van der Waals surface area contributed by atoms with Gasteiger partial charge in [-0.15, -0.1) is 0 Å². The van der Waals surface area contributed by atoms with Crippen molar-refractivity contribution in [3.8, 4) is 22.6 Å². The van der Waals surface area contributed by atoms with Crippen molar-refractivity contribution in [3.05, 3.63) is 81.5 Å². The standard InChI is InChI=1S/C22H16O5S/c1-13-5-3-4-6-17(13)21(23)26-16-11-18(14-7-9-15(25-2)10-8-14)20-19(12-16)28-22(24)27-20/h3-12H,1-2H3. The van der Waals surface area contributed by atoms with Crippen LogP contribution in [0.2, 0.25) is 0 Å². The van der Waals surface area contributed by atoms with Gasteiger partial charge in [-0.05, 0) is 42.3 Å². The lowest BCUT2D eigenvalue weighted by Crippen LogP contribution is -2.10. The molecular formula is C22H16O5S. The van der Waals surface area contributed by atoms with E-state index in [-0.39, 0.29) is 0 Å². The lowest BCUT2D eigenvalue weighted by molar-refractivity contribution is 0.0734. The molecule has 0 fully saturated rings. The maximum atomic E-state index is 12.6. The molecule has 4 aromatic rings. The van der Waals surface area contributed by atoms with Crippen LogP contribution in [0.15, 0.2) is 69.9 Å². The summed E-state index contributed by atoms with van der Waals surface area (Å²) in [5.41, 5.74) is 3.29. The van der Waals surface area contributed by atoms with Gasteiger partial charge in [0.05, 0.1) is 17.4 Å². The van der Waals surface area contributed by atoms with E-state index < -0.39 is 10.9 Å². The largest absolute Gasteiger partial charge is 0.497 e. The average Bonchev–Trinajstić information content (AvgIpc) is 3.07. The van der Waals surface area contributed by atoms with E-state index in [9.17, 15) is 9.59 Å². The van der Waals surface area contributed by atoms with Crippen LogP contribution < -0.4 is 14.4 Å². The third-order valence-corrected chi connectivity index (χ3v) is 5.16. The van der Waals surface area contributed by atoms with Crippen molar-refractivity contribution >= 4 is 27.6 Å². The molecular weight excluding hydrogens is 376 g/mol. The number of carbonyl (C=O) groups is 1. The lowest BCUT2D eigenvalue weighted by atomic mass is 10.0. The molecule has 0 N–H and O–H groups in total. The molecule has 0 aliphatic heterocycles. The number of rotatable bonds is 4. The number of ether oxygens (including phenoxy) is 2. The molecule has 0 unspecified atom stereocenters. The Bertz CT molecular complexity index is 1220. The molecule has 5 nitrogen and oxygen atoms in total. The number of benzene rings is 3. The average molecular weight is 392 g/mol. The first kappa shape index (κ1) is 18.0. The highest BCUT2D eigenvalue weighted by Crippen LogP contribution is 2.35. The molecule has 0 atom stereocenters. The van der Waals surface area contributed by atoms with Crippen molar-refractivity contribution in [1.29, 1.82) is 0 Å². The van der Waals surface area contributed by atoms with Crippen LogP contribution in [0.4, 0.5) is 0 Å². The number of methoxy groups -OCH3 is 1. The molecule has 6 heteroatoms. The van der Waals surface area contributed by atoms with E-state index in [1.165, 1.54) is 0 Å². The van der Waals surface area contributed by atoms with Gasteiger partial charge in [-0.25, -0.2) is 9.59 Å². The van der Waals surface area contributed by atoms with E-state index in [0.717, 1.165) is 22.5 Å². The Labute approximate surface area is 164 Å². The number of carbonyl (C=O) groups excluding carboxylic acids is 1. The highest BCUT2D eigenvalue weighted by atomic mass is 32.1. The van der Waals surface area contributed by atoms with Gasteiger partial charge in [0.1, 0.15) is 11.5 Å². The SMILES string of the molecule is COc1ccc(-c2cc(OC(=O)c3ccccc3C)cc3sc(=O)oc23)cc1. The van der Waals surface area contributed by atoms with E-state index in [0.29, 0.717) is 32.9 Å². The van der Waals surface area contributed by atoms with Gasteiger partial charge in [0.15, 0.2) is 5.58 Å². The van der Waals surface area contributed by atoms with Gasteiger partial charge in [0.25, 0.3) is 0 Å². The highest BCUT2D eigenvalue weighted by molar-refractivity contribution is 7.16. The first-order valence-corrected chi connectivity index (χ1v) is 9.37. The van der Waals surface area contributed by atoms with Crippen LogP contribution in [0.3, 0.4) is 0 Å². The molecule has 28 heavy (non-hydrogen) atoms. The molecule has 0 saturated heterocycles. The second-order valence-electron chi connectivity index (χ2n) is 6.19. The lowest BCUT2D eigenvalue weighted by Gasteiger charge is -2.09. The molecule has 3 aromatic carbocycles. The minimum absolute atomic E-state index is 0.351. The smallest absolute Gasteiger partial charge is 0.396 e.